The fourth-order valence-corrected chi connectivity index (χ4v) is 2.05. The van der Waals surface area contributed by atoms with Gasteiger partial charge in [0.1, 0.15) is 5.75 Å². The van der Waals surface area contributed by atoms with Crippen molar-refractivity contribution in [2.24, 2.45) is 5.73 Å². The van der Waals surface area contributed by atoms with E-state index in [2.05, 4.69) is 31.0 Å². The third-order valence-electron chi connectivity index (χ3n) is 2.87. The zero-order valence-electron chi connectivity index (χ0n) is 11.8. The maximum atomic E-state index is 11.1. The molecule has 0 radical (unpaired) electrons. The van der Waals surface area contributed by atoms with Gasteiger partial charge in [0.2, 0.25) is 0 Å². The van der Waals surface area contributed by atoms with Gasteiger partial charge < -0.3 is 10.5 Å². The molecule has 20 heavy (non-hydrogen) atoms. The Morgan fingerprint density at radius 3 is 2.50 bits per heavy atom. The van der Waals surface area contributed by atoms with E-state index in [1.54, 1.807) is 18.3 Å². The number of carbonyl (C=O) groups is 1. The molecule has 0 saturated heterocycles. The third kappa shape index (κ3) is 2.93. The molecule has 5 nitrogen and oxygen atoms in total. The first kappa shape index (κ1) is 14.0. The highest BCUT2D eigenvalue weighted by atomic mass is 16.5. The Balaban J connectivity index is 2.69. The molecule has 0 unspecified atom stereocenters. The van der Waals surface area contributed by atoms with Gasteiger partial charge in [-0.25, -0.2) is 4.79 Å². The van der Waals surface area contributed by atoms with Crippen molar-refractivity contribution < 1.29 is 9.53 Å². The maximum absolute atomic E-state index is 11.1. The second kappa shape index (κ2) is 5.28. The summed E-state index contributed by atoms with van der Waals surface area (Å²) < 4.78 is 5.11. The Morgan fingerprint density at radius 1 is 1.20 bits per heavy atom. The number of nitrogens with two attached hydrogens (primary N) is 1. The summed E-state index contributed by atoms with van der Waals surface area (Å²) in [4.78, 5) is 11.1. The van der Waals surface area contributed by atoms with Gasteiger partial charge >= 0.3 is 6.09 Å². The van der Waals surface area contributed by atoms with Crippen molar-refractivity contribution in [2.75, 3.05) is 0 Å². The molecule has 1 aromatic carbocycles. The molecule has 0 bridgehead atoms. The van der Waals surface area contributed by atoms with Crippen molar-refractivity contribution in [3.8, 4) is 17.0 Å². The Kier molecular flexibility index (Phi) is 3.70. The zero-order valence-corrected chi connectivity index (χ0v) is 11.8. The number of carbonyl (C=O) groups excluding carboxylic acids is 1. The molecule has 0 fully saturated rings. The Labute approximate surface area is 117 Å². The summed E-state index contributed by atoms with van der Waals surface area (Å²) in [6.45, 7) is 6.24. The van der Waals surface area contributed by atoms with Crippen LogP contribution in [0.15, 0.2) is 36.5 Å². The molecular formula is C15H17N3O2. The van der Waals surface area contributed by atoms with Crippen LogP contribution in [0.3, 0.4) is 0 Å². The molecule has 0 saturated carbocycles. The number of primary amides is 1. The van der Waals surface area contributed by atoms with E-state index in [0.29, 0.717) is 11.4 Å². The first-order chi connectivity index (χ1) is 9.39. The summed E-state index contributed by atoms with van der Waals surface area (Å²) in [5.74, 6) is 0.394. The predicted octanol–water partition coefficient (Wildman–Crippen LogP) is 2.90. The van der Waals surface area contributed by atoms with Crippen LogP contribution in [0, 0.1) is 0 Å². The van der Waals surface area contributed by atoms with Crippen LogP contribution in [0.4, 0.5) is 4.79 Å². The van der Waals surface area contributed by atoms with E-state index < -0.39 is 6.09 Å². The molecule has 104 valence electrons. The van der Waals surface area contributed by atoms with Crippen LogP contribution in [-0.2, 0) is 5.41 Å². The number of hydrogen-bond acceptors (Lipinski definition) is 4. The first-order valence-corrected chi connectivity index (χ1v) is 6.28. The van der Waals surface area contributed by atoms with Crippen molar-refractivity contribution in [1.82, 2.24) is 10.2 Å². The van der Waals surface area contributed by atoms with Crippen LogP contribution < -0.4 is 10.5 Å². The molecule has 0 spiro atoms. The largest absolute Gasteiger partial charge is 0.410 e. The summed E-state index contributed by atoms with van der Waals surface area (Å²) in [5.41, 5.74) is 7.40. The lowest BCUT2D eigenvalue weighted by Gasteiger charge is -2.24. The highest BCUT2D eigenvalue weighted by molar-refractivity contribution is 5.77. The molecule has 2 rings (SSSR count). The van der Waals surface area contributed by atoms with Gasteiger partial charge in [-0.2, -0.15) is 10.2 Å². The van der Waals surface area contributed by atoms with Crippen LogP contribution in [0.5, 0.6) is 5.75 Å². The van der Waals surface area contributed by atoms with E-state index in [4.69, 9.17) is 10.5 Å². The van der Waals surface area contributed by atoms with Crippen LogP contribution in [0.25, 0.3) is 11.3 Å². The van der Waals surface area contributed by atoms with Gasteiger partial charge in [-0.05, 0) is 29.2 Å². The topological polar surface area (TPSA) is 78.1 Å². The van der Waals surface area contributed by atoms with E-state index >= 15 is 0 Å². The van der Waals surface area contributed by atoms with Crippen molar-refractivity contribution >= 4 is 6.09 Å². The lowest BCUT2D eigenvalue weighted by atomic mass is 9.82. The van der Waals surface area contributed by atoms with Crippen LogP contribution in [0.1, 0.15) is 26.3 Å². The minimum Gasteiger partial charge on any atom is -0.410 e. The number of aromatic nitrogens is 2. The van der Waals surface area contributed by atoms with Gasteiger partial charge in [-0.15, -0.1) is 0 Å². The van der Waals surface area contributed by atoms with Gasteiger partial charge in [0.05, 0.1) is 5.69 Å². The second-order valence-corrected chi connectivity index (χ2v) is 5.46. The molecule has 0 aliphatic rings. The van der Waals surface area contributed by atoms with Crippen molar-refractivity contribution in [3.05, 3.63) is 42.1 Å². The quantitative estimate of drug-likeness (QED) is 0.910. The normalized spacial score (nSPS) is 11.2. The number of amides is 1. The zero-order chi connectivity index (χ0) is 14.8. The Hall–Kier alpha value is -2.43. The fourth-order valence-electron chi connectivity index (χ4n) is 2.05. The molecule has 1 heterocycles. The van der Waals surface area contributed by atoms with Crippen molar-refractivity contribution in [1.29, 1.82) is 0 Å². The Morgan fingerprint density at radius 2 is 1.95 bits per heavy atom. The summed E-state index contributed by atoms with van der Waals surface area (Å²) in [5, 5.41) is 7.99. The van der Waals surface area contributed by atoms with E-state index in [9.17, 15) is 4.79 Å². The molecule has 0 atom stereocenters. The number of hydrogen-bond donors (Lipinski definition) is 1. The predicted molar refractivity (Wildman–Crippen MR) is 76.4 cm³/mol. The monoisotopic (exact) mass is 271 g/mol. The summed E-state index contributed by atoms with van der Waals surface area (Å²) >= 11 is 0. The van der Waals surface area contributed by atoms with Gasteiger partial charge in [0.15, 0.2) is 0 Å². The maximum Gasteiger partial charge on any atom is 0.409 e. The highest BCUT2D eigenvalue weighted by Crippen LogP contribution is 2.38. The van der Waals surface area contributed by atoms with Gasteiger partial charge in [0.25, 0.3) is 0 Å². The minimum atomic E-state index is -0.846. The lowest BCUT2D eigenvalue weighted by molar-refractivity contribution is 0.211. The first-order valence-electron chi connectivity index (χ1n) is 6.28. The second-order valence-electron chi connectivity index (χ2n) is 5.46. The molecule has 0 aliphatic carbocycles. The smallest absolute Gasteiger partial charge is 0.409 e. The summed E-state index contributed by atoms with van der Waals surface area (Å²) in [6.07, 6.45) is 0.749. The van der Waals surface area contributed by atoms with Crippen molar-refractivity contribution in [2.45, 2.75) is 26.2 Å². The fraction of sp³-hybridized carbons (Fsp3) is 0.267. The number of rotatable bonds is 2. The standard InChI is InChI=1S/C15H17N3O2/c1-15(2,3)10-6-4-8-12(20-14(16)19)13(10)11-7-5-9-17-18-11/h4-9H,1-3H3,(H2,16,19). The number of nitrogens with zero attached hydrogens (tertiary/aromatic N) is 2. The van der Waals surface area contributed by atoms with E-state index in [0.717, 1.165) is 11.1 Å². The highest BCUT2D eigenvalue weighted by Gasteiger charge is 2.23. The number of benzene rings is 1. The van der Waals surface area contributed by atoms with Crippen LogP contribution in [0.2, 0.25) is 0 Å². The van der Waals surface area contributed by atoms with E-state index in [1.165, 1.54) is 0 Å². The van der Waals surface area contributed by atoms with E-state index in [-0.39, 0.29) is 5.41 Å². The average Bonchev–Trinajstić information content (AvgIpc) is 2.38. The SMILES string of the molecule is CC(C)(C)c1cccc(OC(N)=O)c1-c1cccnn1. The lowest BCUT2D eigenvalue weighted by Crippen LogP contribution is -2.19. The van der Waals surface area contributed by atoms with Crippen LogP contribution >= 0.6 is 0 Å². The van der Waals surface area contributed by atoms with Gasteiger partial charge in [0, 0.05) is 11.8 Å². The summed E-state index contributed by atoms with van der Waals surface area (Å²) in [6, 6.07) is 9.13. The molecular weight excluding hydrogens is 254 g/mol. The summed E-state index contributed by atoms with van der Waals surface area (Å²) in [7, 11) is 0. The molecule has 2 aromatic rings. The van der Waals surface area contributed by atoms with Crippen LogP contribution in [-0.4, -0.2) is 16.3 Å². The van der Waals surface area contributed by atoms with Gasteiger partial charge in [-0.3, -0.25) is 0 Å². The molecule has 1 aromatic heterocycles. The van der Waals surface area contributed by atoms with Gasteiger partial charge in [-0.1, -0.05) is 32.9 Å². The average molecular weight is 271 g/mol. The van der Waals surface area contributed by atoms with Crippen molar-refractivity contribution in [3.63, 3.8) is 0 Å². The minimum absolute atomic E-state index is 0.135. The third-order valence-corrected chi connectivity index (χ3v) is 2.87. The van der Waals surface area contributed by atoms with E-state index in [1.807, 2.05) is 18.2 Å². The Bertz CT molecular complexity index is 619. The molecule has 5 heteroatoms. The molecule has 1 amide bonds. The molecule has 2 N–H and O–H groups in total. The molecule has 0 aliphatic heterocycles. The number of ether oxygens (including phenoxy) is 1.